The Morgan fingerprint density at radius 1 is 1.19 bits per heavy atom. The molecule has 3 aromatic heterocycles. The first-order chi connectivity index (χ1) is 12.8. The van der Waals surface area contributed by atoms with E-state index in [0.29, 0.717) is 17.4 Å². The van der Waals surface area contributed by atoms with Gasteiger partial charge in [-0.2, -0.15) is 4.98 Å². The van der Waals surface area contributed by atoms with Gasteiger partial charge in [-0.05, 0) is 37.8 Å². The lowest BCUT2D eigenvalue weighted by Crippen LogP contribution is -2.46. The van der Waals surface area contributed by atoms with Gasteiger partial charge >= 0.3 is 0 Å². The van der Waals surface area contributed by atoms with Gasteiger partial charge < -0.3 is 9.42 Å². The maximum atomic E-state index is 12.8. The second-order valence-electron chi connectivity index (χ2n) is 6.83. The Morgan fingerprint density at radius 3 is 2.65 bits per heavy atom. The summed E-state index contributed by atoms with van der Waals surface area (Å²) in [5.41, 5.74) is 3.17. The van der Waals surface area contributed by atoms with Crippen molar-refractivity contribution < 1.29 is 9.32 Å². The molecule has 2 saturated heterocycles. The number of amides is 1. The molecule has 0 aromatic carbocycles. The number of fused-ring (bicyclic) bond motifs is 2. The first kappa shape index (κ1) is 15.6. The van der Waals surface area contributed by atoms with Crippen LogP contribution in [0, 0.1) is 0 Å². The molecule has 2 fully saturated rings. The molecule has 0 aliphatic carbocycles. The van der Waals surface area contributed by atoms with Crippen LogP contribution in [0.2, 0.25) is 0 Å². The Hall–Kier alpha value is -2.61. The second kappa shape index (κ2) is 6.28. The molecule has 3 aromatic rings. The van der Waals surface area contributed by atoms with Gasteiger partial charge in [0.2, 0.25) is 11.7 Å². The van der Waals surface area contributed by atoms with Crippen LogP contribution >= 0.6 is 11.3 Å². The molecule has 8 heteroatoms. The molecule has 5 rings (SSSR count). The summed E-state index contributed by atoms with van der Waals surface area (Å²) in [7, 11) is 0. The van der Waals surface area contributed by atoms with Crippen LogP contribution in [-0.2, 0) is 0 Å². The molecule has 0 radical (unpaired) electrons. The third-order valence-corrected chi connectivity index (χ3v) is 5.93. The highest BCUT2D eigenvalue weighted by molar-refractivity contribution is 7.07. The summed E-state index contributed by atoms with van der Waals surface area (Å²) < 4.78 is 5.56. The predicted molar refractivity (Wildman–Crippen MR) is 94.6 cm³/mol. The van der Waals surface area contributed by atoms with Crippen LogP contribution < -0.4 is 0 Å². The summed E-state index contributed by atoms with van der Waals surface area (Å²) in [6, 6.07) is 4.19. The van der Waals surface area contributed by atoms with Crippen molar-refractivity contribution in [3.05, 3.63) is 47.0 Å². The first-order valence-electron chi connectivity index (χ1n) is 8.74. The normalized spacial score (nSPS) is 24.8. The van der Waals surface area contributed by atoms with E-state index in [9.17, 15) is 4.79 Å². The predicted octanol–water partition coefficient (Wildman–Crippen LogP) is 3.14. The molecule has 3 atom stereocenters. The van der Waals surface area contributed by atoms with E-state index >= 15 is 0 Å². The van der Waals surface area contributed by atoms with E-state index in [4.69, 9.17) is 4.52 Å². The maximum Gasteiger partial charge on any atom is 0.273 e. The molecule has 2 aliphatic heterocycles. The van der Waals surface area contributed by atoms with Gasteiger partial charge in [-0.3, -0.25) is 9.78 Å². The molecule has 2 aliphatic rings. The number of carbonyl (C=O) groups excluding carboxylic acids is 1. The molecular weight excluding hydrogens is 350 g/mol. The zero-order chi connectivity index (χ0) is 17.5. The number of hydrogen-bond acceptors (Lipinski definition) is 7. The zero-order valence-corrected chi connectivity index (χ0v) is 14.8. The molecule has 26 heavy (non-hydrogen) atoms. The van der Waals surface area contributed by atoms with Crippen molar-refractivity contribution in [3.8, 4) is 11.4 Å². The molecule has 0 N–H and O–H groups in total. The molecule has 0 spiro atoms. The lowest BCUT2D eigenvalue weighted by molar-refractivity contribution is 0.0549. The van der Waals surface area contributed by atoms with Gasteiger partial charge in [-0.25, -0.2) is 4.98 Å². The Labute approximate surface area is 154 Å². The largest absolute Gasteiger partial charge is 0.339 e. The summed E-state index contributed by atoms with van der Waals surface area (Å²) in [6.45, 7) is 0. The van der Waals surface area contributed by atoms with Crippen molar-refractivity contribution in [2.75, 3.05) is 0 Å². The van der Waals surface area contributed by atoms with E-state index in [1.54, 1.807) is 17.9 Å². The van der Waals surface area contributed by atoms with Gasteiger partial charge in [-0.1, -0.05) is 5.16 Å². The zero-order valence-electron chi connectivity index (χ0n) is 14.0. The number of nitrogens with zero attached hydrogens (tertiary/aromatic N) is 5. The maximum absolute atomic E-state index is 12.8. The Morgan fingerprint density at radius 2 is 1.96 bits per heavy atom. The Balaban J connectivity index is 1.35. The standard InChI is InChI=1S/C18H17N5O2S/c24-18(15-9-26-10-20-15)23-13-1-2-14(23)8-12(7-13)17-21-16(22-25-17)11-3-5-19-6-4-11/h3-6,9-10,12-14H,1-2,7-8H2/t12?,13-,14+. The number of pyridine rings is 1. The van der Waals surface area contributed by atoms with Crippen LogP contribution in [0.25, 0.3) is 11.4 Å². The van der Waals surface area contributed by atoms with Crippen LogP contribution in [-0.4, -0.2) is 43.0 Å². The highest BCUT2D eigenvalue weighted by Crippen LogP contribution is 2.43. The minimum atomic E-state index is 0.0557. The molecule has 5 heterocycles. The number of aromatic nitrogens is 4. The van der Waals surface area contributed by atoms with Crippen LogP contribution in [0.4, 0.5) is 0 Å². The lowest BCUT2D eigenvalue weighted by atomic mass is 9.90. The monoisotopic (exact) mass is 367 g/mol. The van der Waals surface area contributed by atoms with Crippen molar-refractivity contribution in [1.29, 1.82) is 0 Å². The smallest absolute Gasteiger partial charge is 0.273 e. The minimum absolute atomic E-state index is 0.0557. The van der Waals surface area contributed by atoms with Gasteiger partial charge in [0.15, 0.2) is 0 Å². The molecule has 132 valence electrons. The van der Waals surface area contributed by atoms with Gasteiger partial charge in [0.05, 0.1) is 5.51 Å². The summed E-state index contributed by atoms with van der Waals surface area (Å²) >= 11 is 1.46. The molecule has 2 bridgehead atoms. The summed E-state index contributed by atoms with van der Waals surface area (Å²) in [5, 5.41) is 5.95. The number of hydrogen-bond donors (Lipinski definition) is 0. The van der Waals surface area contributed by atoms with Crippen molar-refractivity contribution >= 4 is 17.2 Å². The van der Waals surface area contributed by atoms with Crippen molar-refractivity contribution in [1.82, 2.24) is 25.0 Å². The molecule has 1 unspecified atom stereocenters. The van der Waals surface area contributed by atoms with Gasteiger partial charge in [-0.15, -0.1) is 11.3 Å². The van der Waals surface area contributed by atoms with E-state index in [1.807, 2.05) is 22.4 Å². The van der Waals surface area contributed by atoms with Crippen molar-refractivity contribution in [2.24, 2.45) is 0 Å². The molecular formula is C18H17N5O2S. The lowest BCUT2D eigenvalue weighted by Gasteiger charge is -2.37. The summed E-state index contributed by atoms with van der Waals surface area (Å²) in [6.07, 6.45) is 7.22. The minimum Gasteiger partial charge on any atom is -0.339 e. The SMILES string of the molecule is O=C(c1cscn1)N1[C@@H]2CC[C@H]1CC(c1nc(-c3ccncc3)no1)C2. The highest BCUT2D eigenvalue weighted by atomic mass is 32.1. The van der Waals surface area contributed by atoms with E-state index < -0.39 is 0 Å². The van der Waals surface area contributed by atoms with Crippen LogP contribution in [0.3, 0.4) is 0 Å². The number of thiazole rings is 1. The number of carbonyl (C=O) groups is 1. The van der Waals surface area contributed by atoms with E-state index in [2.05, 4.69) is 20.1 Å². The topological polar surface area (TPSA) is 85.0 Å². The van der Waals surface area contributed by atoms with Crippen LogP contribution in [0.1, 0.15) is 48.0 Å². The van der Waals surface area contributed by atoms with Crippen molar-refractivity contribution in [3.63, 3.8) is 0 Å². The third kappa shape index (κ3) is 2.61. The van der Waals surface area contributed by atoms with Crippen LogP contribution in [0.15, 0.2) is 39.9 Å². The number of rotatable bonds is 3. The summed E-state index contributed by atoms with van der Waals surface area (Å²) in [5.74, 6) is 1.53. The van der Waals surface area contributed by atoms with Gasteiger partial charge in [0.1, 0.15) is 5.69 Å². The van der Waals surface area contributed by atoms with Gasteiger partial charge in [0.25, 0.3) is 5.91 Å². The first-order valence-corrected chi connectivity index (χ1v) is 9.68. The fraction of sp³-hybridized carbons (Fsp3) is 0.389. The third-order valence-electron chi connectivity index (χ3n) is 5.35. The van der Waals surface area contributed by atoms with E-state index in [0.717, 1.165) is 31.2 Å². The fourth-order valence-corrected chi connectivity index (χ4v) is 4.71. The fourth-order valence-electron chi connectivity index (χ4n) is 4.18. The van der Waals surface area contributed by atoms with Crippen LogP contribution in [0.5, 0.6) is 0 Å². The average molecular weight is 367 g/mol. The van der Waals surface area contributed by atoms with E-state index in [-0.39, 0.29) is 23.9 Å². The second-order valence-corrected chi connectivity index (χ2v) is 7.55. The molecule has 7 nitrogen and oxygen atoms in total. The van der Waals surface area contributed by atoms with Crippen molar-refractivity contribution in [2.45, 2.75) is 43.7 Å². The Bertz CT molecular complexity index is 897. The highest BCUT2D eigenvalue weighted by Gasteiger charge is 2.45. The summed E-state index contributed by atoms with van der Waals surface area (Å²) in [4.78, 5) is 27.6. The van der Waals surface area contributed by atoms with Gasteiger partial charge in [0, 0.05) is 41.3 Å². The van der Waals surface area contributed by atoms with E-state index in [1.165, 1.54) is 11.3 Å². The average Bonchev–Trinajstić information content (AvgIpc) is 3.42. The Kier molecular flexibility index (Phi) is 3.77. The molecule has 1 amide bonds. The molecule has 0 saturated carbocycles. The number of piperidine rings is 1. The quantitative estimate of drug-likeness (QED) is 0.707.